The lowest BCUT2D eigenvalue weighted by molar-refractivity contribution is 0.157. The molecule has 0 unspecified atom stereocenters. The highest BCUT2D eigenvalue weighted by Crippen LogP contribution is 2.32. The second-order valence-corrected chi connectivity index (χ2v) is 5.77. The number of piperazine rings is 1. The molecule has 1 saturated heterocycles. The molecule has 0 radical (unpaired) electrons. The van der Waals surface area contributed by atoms with E-state index in [4.69, 9.17) is 11.6 Å². The van der Waals surface area contributed by atoms with Crippen molar-refractivity contribution in [3.63, 3.8) is 0 Å². The van der Waals surface area contributed by atoms with Gasteiger partial charge in [0.1, 0.15) is 0 Å². The average molecular weight is 372 g/mol. The second kappa shape index (κ2) is 8.42. The molecule has 0 aromatic heterocycles. The van der Waals surface area contributed by atoms with E-state index in [1.54, 1.807) is 0 Å². The Labute approximate surface area is 133 Å². The summed E-state index contributed by atoms with van der Waals surface area (Å²) in [6, 6.07) is 5.92. The molecule has 19 heavy (non-hydrogen) atoms. The van der Waals surface area contributed by atoms with Gasteiger partial charge in [0.15, 0.2) is 0 Å². The number of benzene rings is 1. The first kappa shape index (κ1) is 17.2. The highest BCUT2D eigenvalue weighted by Gasteiger charge is 2.23. The van der Waals surface area contributed by atoms with Gasteiger partial charge >= 0.3 is 0 Å². The normalized spacial score (nSPS) is 17.8. The molecule has 108 valence electrons. The predicted octanol–water partition coefficient (Wildman–Crippen LogP) is 3.83. The maximum absolute atomic E-state index is 12.8. The minimum Gasteiger partial charge on any atom is -0.314 e. The van der Waals surface area contributed by atoms with Crippen LogP contribution in [0.3, 0.4) is 0 Å². The molecule has 1 N–H and O–H groups in total. The van der Waals surface area contributed by atoms with Crippen LogP contribution in [0.15, 0.2) is 22.7 Å². The minimum absolute atomic E-state index is 0. The standard InChI is InChI=1S/C13H17BrClFN2.ClH/c14-10-1-2-11(12(15)9-10)13(3-4-16)18-7-5-17-6-8-18;/h1-2,9,13,17H,3-8H2;1H/t13-;/m1./s1. The van der Waals surface area contributed by atoms with Crippen molar-refractivity contribution in [3.8, 4) is 0 Å². The van der Waals surface area contributed by atoms with Crippen molar-refractivity contribution in [2.45, 2.75) is 12.5 Å². The third-order valence-corrected chi connectivity index (χ3v) is 4.12. The van der Waals surface area contributed by atoms with E-state index in [0.717, 1.165) is 36.2 Å². The average Bonchev–Trinajstić information content (AvgIpc) is 2.38. The zero-order chi connectivity index (χ0) is 13.0. The number of hydrogen-bond acceptors (Lipinski definition) is 2. The fourth-order valence-corrected chi connectivity index (χ4v) is 3.20. The molecule has 0 spiro atoms. The smallest absolute Gasteiger partial charge is 0.0912 e. The zero-order valence-electron chi connectivity index (χ0n) is 10.5. The van der Waals surface area contributed by atoms with Gasteiger partial charge in [-0.3, -0.25) is 9.29 Å². The number of halogens is 4. The predicted molar refractivity (Wildman–Crippen MR) is 84.2 cm³/mol. The Bertz CT molecular complexity index is 400. The van der Waals surface area contributed by atoms with Crippen molar-refractivity contribution in [1.29, 1.82) is 0 Å². The molecule has 1 atom stereocenters. The molecule has 0 amide bonds. The van der Waals surface area contributed by atoms with E-state index in [-0.39, 0.29) is 25.1 Å². The van der Waals surface area contributed by atoms with Crippen molar-refractivity contribution >= 4 is 39.9 Å². The molecule has 0 aliphatic carbocycles. The monoisotopic (exact) mass is 370 g/mol. The molecule has 1 heterocycles. The molecule has 1 aromatic carbocycles. The van der Waals surface area contributed by atoms with Crippen LogP contribution in [0.2, 0.25) is 5.02 Å². The summed E-state index contributed by atoms with van der Waals surface area (Å²) in [7, 11) is 0. The lowest BCUT2D eigenvalue weighted by atomic mass is 10.0. The summed E-state index contributed by atoms with van der Waals surface area (Å²) in [6.07, 6.45) is 0.501. The van der Waals surface area contributed by atoms with Gasteiger partial charge in [0.25, 0.3) is 0 Å². The second-order valence-electron chi connectivity index (χ2n) is 4.45. The lowest BCUT2D eigenvalue weighted by Crippen LogP contribution is -2.45. The van der Waals surface area contributed by atoms with Crippen LogP contribution in [0.1, 0.15) is 18.0 Å². The number of hydrogen-bond donors (Lipinski definition) is 1. The first-order valence-electron chi connectivity index (χ1n) is 6.18. The third-order valence-electron chi connectivity index (χ3n) is 3.30. The van der Waals surface area contributed by atoms with Crippen molar-refractivity contribution in [2.24, 2.45) is 0 Å². The van der Waals surface area contributed by atoms with E-state index >= 15 is 0 Å². The Morgan fingerprint density at radius 1 is 1.37 bits per heavy atom. The number of nitrogens with zero attached hydrogens (tertiary/aromatic N) is 1. The van der Waals surface area contributed by atoms with E-state index in [1.165, 1.54) is 0 Å². The van der Waals surface area contributed by atoms with Gasteiger partial charge in [-0.2, -0.15) is 0 Å². The summed E-state index contributed by atoms with van der Waals surface area (Å²) in [6.45, 7) is 3.48. The van der Waals surface area contributed by atoms with Gasteiger partial charge in [-0.05, 0) is 24.1 Å². The molecule has 2 rings (SSSR count). The Morgan fingerprint density at radius 2 is 2.05 bits per heavy atom. The number of rotatable bonds is 4. The summed E-state index contributed by atoms with van der Waals surface area (Å²) >= 11 is 9.68. The van der Waals surface area contributed by atoms with Gasteiger partial charge in [-0.25, -0.2) is 0 Å². The van der Waals surface area contributed by atoms with Gasteiger partial charge in [0.05, 0.1) is 6.67 Å². The van der Waals surface area contributed by atoms with E-state index in [1.807, 2.05) is 18.2 Å². The van der Waals surface area contributed by atoms with Gasteiger partial charge in [-0.1, -0.05) is 33.6 Å². The quantitative estimate of drug-likeness (QED) is 0.865. The van der Waals surface area contributed by atoms with Crippen LogP contribution in [0.4, 0.5) is 4.39 Å². The maximum atomic E-state index is 12.8. The fourth-order valence-electron chi connectivity index (χ4n) is 2.40. The SMILES string of the molecule is Cl.FCC[C@H](c1ccc(Br)cc1Cl)N1CCNCC1. The van der Waals surface area contributed by atoms with Gasteiger partial charge in [-0.15, -0.1) is 12.4 Å². The molecule has 6 heteroatoms. The summed E-state index contributed by atoms with van der Waals surface area (Å²) in [5, 5.41) is 4.02. The molecule has 1 aliphatic heterocycles. The Kier molecular flexibility index (Phi) is 7.62. The van der Waals surface area contributed by atoms with Crippen molar-refractivity contribution in [1.82, 2.24) is 10.2 Å². The van der Waals surface area contributed by atoms with Crippen molar-refractivity contribution in [3.05, 3.63) is 33.3 Å². The van der Waals surface area contributed by atoms with Crippen LogP contribution in [-0.2, 0) is 0 Å². The van der Waals surface area contributed by atoms with Gasteiger partial charge in [0, 0.05) is 41.7 Å². The first-order valence-corrected chi connectivity index (χ1v) is 7.35. The maximum Gasteiger partial charge on any atom is 0.0912 e. The zero-order valence-corrected chi connectivity index (χ0v) is 13.7. The molecular weight excluding hydrogens is 354 g/mol. The van der Waals surface area contributed by atoms with Crippen LogP contribution in [0.25, 0.3) is 0 Å². The summed E-state index contributed by atoms with van der Waals surface area (Å²) in [5.74, 6) is 0. The highest BCUT2D eigenvalue weighted by molar-refractivity contribution is 9.10. The molecular formula is C13H18BrCl2FN2. The van der Waals surface area contributed by atoms with E-state index in [0.29, 0.717) is 11.4 Å². The van der Waals surface area contributed by atoms with Crippen molar-refractivity contribution in [2.75, 3.05) is 32.9 Å². The van der Waals surface area contributed by atoms with Gasteiger partial charge < -0.3 is 5.32 Å². The van der Waals surface area contributed by atoms with Gasteiger partial charge in [0.2, 0.25) is 0 Å². The van der Waals surface area contributed by atoms with Crippen LogP contribution in [0, 0.1) is 0 Å². The molecule has 1 fully saturated rings. The fraction of sp³-hybridized carbons (Fsp3) is 0.538. The van der Waals surface area contributed by atoms with E-state index in [2.05, 4.69) is 26.1 Å². The van der Waals surface area contributed by atoms with E-state index in [9.17, 15) is 4.39 Å². The molecule has 1 aliphatic rings. The summed E-state index contributed by atoms with van der Waals surface area (Å²) in [4.78, 5) is 2.31. The number of nitrogens with one attached hydrogen (secondary N) is 1. The van der Waals surface area contributed by atoms with Crippen LogP contribution in [0.5, 0.6) is 0 Å². The van der Waals surface area contributed by atoms with Crippen molar-refractivity contribution < 1.29 is 4.39 Å². The molecule has 0 bridgehead atoms. The molecule has 0 saturated carbocycles. The van der Waals surface area contributed by atoms with Crippen LogP contribution >= 0.6 is 39.9 Å². The first-order chi connectivity index (χ1) is 8.72. The Morgan fingerprint density at radius 3 is 2.63 bits per heavy atom. The topological polar surface area (TPSA) is 15.3 Å². The molecule has 2 nitrogen and oxygen atoms in total. The van der Waals surface area contributed by atoms with E-state index < -0.39 is 0 Å². The number of alkyl halides is 1. The molecule has 1 aromatic rings. The van der Waals surface area contributed by atoms with Crippen LogP contribution in [-0.4, -0.2) is 37.8 Å². The third kappa shape index (κ3) is 4.57. The van der Waals surface area contributed by atoms with Crippen LogP contribution < -0.4 is 5.32 Å². The summed E-state index contributed by atoms with van der Waals surface area (Å²) in [5.41, 5.74) is 1.03. The largest absolute Gasteiger partial charge is 0.314 e. The highest BCUT2D eigenvalue weighted by atomic mass is 79.9. The Hall–Kier alpha value is 0.130. The minimum atomic E-state index is -0.318. The lowest BCUT2D eigenvalue weighted by Gasteiger charge is -2.35. The Balaban J connectivity index is 0.00000180. The summed E-state index contributed by atoms with van der Waals surface area (Å²) < 4.78 is 13.8.